The van der Waals surface area contributed by atoms with E-state index < -0.39 is 51.8 Å². The fraction of sp³-hybridized carbons (Fsp3) is 0.0400. The van der Waals surface area contributed by atoms with Gasteiger partial charge in [0.25, 0.3) is 0 Å². The summed E-state index contributed by atoms with van der Waals surface area (Å²) in [6.45, 7) is 0. The van der Waals surface area contributed by atoms with Gasteiger partial charge in [0.2, 0.25) is 0 Å². The number of rotatable bonds is 5. The van der Waals surface area contributed by atoms with Gasteiger partial charge in [0.1, 0.15) is 40.4 Å². The Morgan fingerprint density at radius 3 is 1.71 bits per heavy atom. The van der Waals surface area contributed by atoms with Gasteiger partial charge in [0.15, 0.2) is 0 Å². The Hall–Kier alpha value is -3.38. The molecule has 0 aliphatic carbocycles. The molecule has 0 saturated heterocycles. The van der Waals surface area contributed by atoms with Crippen molar-refractivity contribution in [1.82, 2.24) is 0 Å². The molecule has 0 radical (unpaired) electrons. The molecule has 34 heavy (non-hydrogen) atoms. The highest BCUT2D eigenvalue weighted by molar-refractivity contribution is 7.27. The molecule has 0 saturated carbocycles. The van der Waals surface area contributed by atoms with Crippen LogP contribution in [0, 0.1) is 29.1 Å². The van der Waals surface area contributed by atoms with Crippen molar-refractivity contribution in [3.05, 3.63) is 107 Å². The smallest absolute Gasteiger partial charge is 0.429 e. The van der Waals surface area contributed by atoms with Crippen LogP contribution < -0.4 is 10.0 Å². The van der Waals surface area contributed by atoms with Crippen LogP contribution in [-0.2, 0) is 6.11 Å². The third-order valence-electron chi connectivity index (χ3n) is 5.02. The van der Waals surface area contributed by atoms with Crippen LogP contribution in [0.1, 0.15) is 5.56 Å². The highest BCUT2D eigenvalue weighted by atomic mass is 31.0. The van der Waals surface area contributed by atoms with Gasteiger partial charge in [-0.2, -0.15) is 8.78 Å². The van der Waals surface area contributed by atoms with E-state index in [1.54, 1.807) is 39.6 Å². The van der Waals surface area contributed by atoms with Gasteiger partial charge >= 0.3 is 6.11 Å². The molecular weight excluding hydrogens is 480 g/mol. The van der Waals surface area contributed by atoms with E-state index in [0.717, 1.165) is 6.07 Å². The summed E-state index contributed by atoms with van der Waals surface area (Å²) in [5, 5.41) is -0.516. The lowest BCUT2D eigenvalue weighted by Gasteiger charge is -2.20. The van der Waals surface area contributed by atoms with Gasteiger partial charge in [0, 0.05) is 23.0 Å². The molecular formula is C25H14F7OP. The summed E-state index contributed by atoms with van der Waals surface area (Å²) in [5.41, 5.74) is -1.10. The van der Waals surface area contributed by atoms with Crippen molar-refractivity contribution in [2.75, 3.05) is 0 Å². The van der Waals surface area contributed by atoms with E-state index in [1.165, 1.54) is 12.1 Å². The molecule has 1 unspecified atom stereocenters. The molecule has 0 spiro atoms. The Balaban J connectivity index is 1.68. The van der Waals surface area contributed by atoms with E-state index in [-0.39, 0.29) is 11.1 Å². The molecule has 4 aromatic carbocycles. The SMILES string of the molecule is Fc1cc(-c2ccccc2)ccc1-c1cc(F)c(C(F)(F)Oc2cc(F)c(P)c(F)c2)c(F)c1. The number of hydrogen-bond donors (Lipinski definition) is 0. The Morgan fingerprint density at radius 2 is 1.15 bits per heavy atom. The van der Waals surface area contributed by atoms with Gasteiger partial charge < -0.3 is 4.74 Å². The van der Waals surface area contributed by atoms with E-state index >= 15 is 0 Å². The topological polar surface area (TPSA) is 9.23 Å². The zero-order chi connectivity index (χ0) is 24.6. The third-order valence-corrected chi connectivity index (χ3v) is 5.57. The second-order valence-corrected chi connectivity index (χ2v) is 7.87. The van der Waals surface area contributed by atoms with Crippen LogP contribution in [0.2, 0.25) is 0 Å². The van der Waals surface area contributed by atoms with E-state index in [2.05, 4.69) is 4.74 Å². The van der Waals surface area contributed by atoms with Crippen LogP contribution in [0.4, 0.5) is 30.7 Å². The molecule has 1 atom stereocenters. The first-order valence-corrected chi connectivity index (χ1v) is 10.3. The first-order chi connectivity index (χ1) is 16.1. The van der Waals surface area contributed by atoms with Crippen LogP contribution in [0.5, 0.6) is 5.75 Å². The van der Waals surface area contributed by atoms with Crippen LogP contribution in [0.3, 0.4) is 0 Å². The quantitative estimate of drug-likeness (QED) is 0.208. The van der Waals surface area contributed by atoms with Crippen LogP contribution >= 0.6 is 9.24 Å². The fourth-order valence-corrected chi connectivity index (χ4v) is 3.55. The maximum absolute atomic E-state index is 14.7. The summed E-state index contributed by atoms with van der Waals surface area (Å²) >= 11 is 0. The van der Waals surface area contributed by atoms with E-state index in [1.807, 2.05) is 0 Å². The molecule has 0 heterocycles. The molecule has 4 rings (SSSR count). The standard InChI is InChI=1S/C25H14F7OP/c26-18-8-14(13-4-2-1-3-5-13)6-7-17(18)15-9-19(27)23(20(28)10-15)25(31,32)33-16-11-21(29)24(34)22(30)12-16/h1-12H,34H2. The molecule has 9 heteroatoms. The number of benzene rings is 4. The summed E-state index contributed by atoms with van der Waals surface area (Å²) < 4.78 is 105. The maximum Gasteiger partial charge on any atom is 0.432 e. The van der Waals surface area contributed by atoms with Crippen molar-refractivity contribution in [1.29, 1.82) is 0 Å². The zero-order valence-corrected chi connectivity index (χ0v) is 18.2. The van der Waals surface area contributed by atoms with Crippen molar-refractivity contribution in [3.63, 3.8) is 0 Å². The molecule has 0 bridgehead atoms. The minimum atomic E-state index is -4.62. The molecule has 0 aliphatic heterocycles. The largest absolute Gasteiger partial charge is 0.432 e. The minimum absolute atomic E-state index is 0.214. The lowest BCUT2D eigenvalue weighted by molar-refractivity contribution is -0.189. The summed E-state index contributed by atoms with van der Waals surface area (Å²) in [5.74, 6) is -7.66. The van der Waals surface area contributed by atoms with Crippen molar-refractivity contribution in [3.8, 4) is 28.0 Å². The number of alkyl halides is 2. The minimum Gasteiger partial charge on any atom is -0.429 e. The average molecular weight is 494 g/mol. The van der Waals surface area contributed by atoms with Gasteiger partial charge in [-0.25, -0.2) is 22.0 Å². The van der Waals surface area contributed by atoms with Crippen LogP contribution in [-0.4, -0.2) is 0 Å². The molecule has 1 nitrogen and oxygen atoms in total. The van der Waals surface area contributed by atoms with Crippen molar-refractivity contribution in [2.45, 2.75) is 6.11 Å². The second-order valence-electron chi connectivity index (χ2n) is 7.29. The van der Waals surface area contributed by atoms with Crippen molar-refractivity contribution >= 4 is 14.5 Å². The fourth-order valence-electron chi connectivity index (χ4n) is 3.39. The lowest BCUT2D eigenvalue weighted by atomic mass is 9.98. The Morgan fingerprint density at radius 1 is 0.588 bits per heavy atom. The molecule has 0 fully saturated rings. The van der Waals surface area contributed by atoms with Gasteiger partial charge in [0.05, 0.1) is 0 Å². The summed E-state index contributed by atoms with van der Waals surface area (Å²) in [7, 11) is 1.74. The monoisotopic (exact) mass is 494 g/mol. The van der Waals surface area contributed by atoms with E-state index in [4.69, 9.17) is 0 Å². The van der Waals surface area contributed by atoms with E-state index in [0.29, 0.717) is 35.4 Å². The second kappa shape index (κ2) is 9.11. The number of halogens is 7. The maximum atomic E-state index is 14.7. The highest BCUT2D eigenvalue weighted by Gasteiger charge is 2.41. The highest BCUT2D eigenvalue weighted by Crippen LogP contribution is 2.38. The Labute approximate surface area is 192 Å². The van der Waals surface area contributed by atoms with Gasteiger partial charge in [-0.15, -0.1) is 0 Å². The van der Waals surface area contributed by atoms with Crippen molar-refractivity contribution < 1.29 is 35.5 Å². The molecule has 0 aliphatic rings. The van der Waals surface area contributed by atoms with Crippen molar-refractivity contribution in [2.24, 2.45) is 0 Å². The first kappa shape index (κ1) is 23.8. The number of ether oxygens (including phenoxy) is 1. The Kier molecular flexibility index (Phi) is 6.36. The first-order valence-electron chi connectivity index (χ1n) is 9.73. The predicted molar refractivity (Wildman–Crippen MR) is 117 cm³/mol. The average Bonchev–Trinajstić information content (AvgIpc) is 2.77. The third kappa shape index (κ3) is 4.64. The molecule has 174 valence electrons. The summed E-state index contributed by atoms with van der Waals surface area (Å²) in [4.78, 5) is 0. The number of hydrogen-bond acceptors (Lipinski definition) is 1. The van der Waals surface area contributed by atoms with E-state index in [9.17, 15) is 30.7 Å². The summed E-state index contributed by atoms with van der Waals surface area (Å²) in [6, 6.07) is 14.7. The zero-order valence-electron chi connectivity index (χ0n) is 17.1. The van der Waals surface area contributed by atoms with Gasteiger partial charge in [-0.05, 0) is 34.9 Å². The molecule has 0 aromatic heterocycles. The lowest BCUT2D eigenvalue weighted by Crippen LogP contribution is -2.25. The molecule has 4 aromatic rings. The van der Waals surface area contributed by atoms with Gasteiger partial charge in [-0.1, -0.05) is 51.7 Å². The molecule has 0 N–H and O–H groups in total. The molecule has 0 amide bonds. The summed E-state index contributed by atoms with van der Waals surface area (Å²) in [6.07, 6.45) is -4.62. The van der Waals surface area contributed by atoms with Gasteiger partial charge in [-0.3, -0.25) is 0 Å². The van der Waals surface area contributed by atoms with Crippen LogP contribution in [0.15, 0.2) is 72.8 Å². The normalized spacial score (nSPS) is 11.5. The Bertz CT molecular complexity index is 1330. The predicted octanol–water partition coefficient (Wildman–Crippen LogP) is 7.34. The van der Waals surface area contributed by atoms with Crippen LogP contribution in [0.25, 0.3) is 22.3 Å².